The first-order valence-corrected chi connectivity index (χ1v) is 16.0. The Bertz CT molecular complexity index is 1290. The van der Waals surface area contributed by atoms with Crippen molar-refractivity contribution in [2.75, 3.05) is 11.9 Å². The highest BCUT2D eigenvalue weighted by molar-refractivity contribution is 6.30. The summed E-state index contributed by atoms with van der Waals surface area (Å²) >= 11 is 5.85. The van der Waals surface area contributed by atoms with Crippen LogP contribution in [0, 0.1) is 6.92 Å². The molecule has 4 nitrogen and oxygen atoms in total. The van der Waals surface area contributed by atoms with Crippen molar-refractivity contribution in [2.24, 2.45) is 9.98 Å². The molecule has 0 amide bonds. The zero-order chi connectivity index (χ0) is 31.2. The van der Waals surface area contributed by atoms with Gasteiger partial charge >= 0.3 is 0 Å². The van der Waals surface area contributed by atoms with E-state index in [1.165, 1.54) is 48.8 Å². The Morgan fingerprint density at radius 3 is 2.50 bits per heavy atom. The summed E-state index contributed by atoms with van der Waals surface area (Å²) in [6, 6.07) is 13.3. The zero-order valence-corrected chi connectivity index (χ0v) is 28.0. The van der Waals surface area contributed by atoms with Gasteiger partial charge in [-0.05, 0) is 106 Å². The minimum absolute atomic E-state index is 0.425. The lowest BCUT2D eigenvalue weighted by molar-refractivity contribution is 0.385. The largest absolute Gasteiger partial charge is 0.379 e. The monoisotopic (exact) mass is 588 g/mol. The van der Waals surface area contributed by atoms with Crippen molar-refractivity contribution in [1.82, 2.24) is 5.32 Å². The van der Waals surface area contributed by atoms with E-state index in [4.69, 9.17) is 16.6 Å². The molecule has 5 heteroatoms. The van der Waals surface area contributed by atoms with Crippen LogP contribution < -0.4 is 10.6 Å². The molecule has 1 saturated carbocycles. The summed E-state index contributed by atoms with van der Waals surface area (Å²) in [5.74, 6) is 1.64. The van der Waals surface area contributed by atoms with Crippen LogP contribution in [-0.2, 0) is 0 Å². The quantitative estimate of drug-likeness (QED) is 0.226. The predicted molar refractivity (Wildman–Crippen MR) is 188 cm³/mol. The average Bonchev–Trinajstić information content (AvgIpc) is 3.42. The fraction of sp³-hybridized carbons (Fsp3) is 0.459. The number of halogens is 1. The van der Waals surface area contributed by atoms with Crippen LogP contribution in [0.25, 0.3) is 0 Å². The molecule has 0 bridgehead atoms. The highest BCUT2D eigenvalue weighted by atomic mass is 35.5. The minimum atomic E-state index is 0.425. The molecule has 0 radical (unpaired) electrons. The molecule has 3 atom stereocenters. The van der Waals surface area contributed by atoms with E-state index in [9.17, 15) is 0 Å². The van der Waals surface area contributed by atoms with E-state index in [0.29, 0.717) is 24.5 Å². The Kier molecular flexibility index (Phi) is 14.8. The molecule has 228 valence electrons. The second-order valence-corrected chi connectivity index (χ2v) is 11.5. The van der Waals surface area contributed by atoms with Crippen molar-refractivity contribution in [1.29, 1.82) is 0 Å². The van der Waals surface area contributed by atoms with E-state index in [1.807, 2.05) is 39.0 Å². The van der Waals surface area contributed by atoms with E-state index >= 15 is 0 Å². The molecule has 2 aliphatic rings. The van der Waals surface area contributed by atoms with Gasteiger partial charge in [0.2, 0.25) is 0 Å². The van der Waals surface area contributed by atoms with Gasteiger partial charge in [0.1, 0.15) is 5.84 Å². The standard InChI is InChI=1S/C25H34N4.C10H13Cl.C2H6/c1-7-10-17(4)20(16(2)3)15-27-23-14-19(13-18(5)24(23)26-6)25-28-21-11-8-9-12-22(21)29-25;1-3-8(2)9-5-4-6-10(11)7-9;1-2/h7,10,13-14,21-22,27H,2,6,8-9,11-12,15H2,1,3-5H3,(H,28,29);4-8H,3H2,1-2H3;1-2H3/b10-7-,20-17-;;/t21-,22?;;/m0../s1. The molecule has 1 aliphatic heterocycles. The first-order valence-electron chi connectivity index (χ1n) is 15.6. The number of amidine groups is 1. The van der Waals surface area contributed by atoms with Gasteiger partial charge < -0.3 is 10.6 Å². The summed E-state index contributed by atoms with van der Waals surface area (Å²) in [6.45, 7) is 25.3. The lowest BCUT2D eigenvalue weighted by Crippen LogP contribution is -2.37. The van der Waals surface area contributed by atoms with Gasteiger partial charge in [-0.2, -0.15) is 0 Å². The lowest BCUT2D eigenvalue weighted by Gasteiger charge is -2.23. The third kappa shape index (κ3) is 9.73. The van der Waals surface area contributed by atoms with Gasteiger partial charge in [-0.1, -0.05) is 88.6 Å². The first-order chi connectivity index (χ1) is 20.2. The Labute approximate surface area is 261 Å². The zero-order valence-electron chi connectivity index (χ0n) is 27.3. The Hall–Kier alpha value is -3.11. The van der Waals surface area contributed by atoms with Gasteiger partial charge in [0.15, 0.2) is 0 Å². The topological polar surface area (TPSA) is 48.8 Å². The molecule has 2 unspecified atom stereocenters. The number of hydrogen-bond donors (Lipinski definition) is 2. The van der Waals surface area contributed by atoms with Crippen LogP contribution in [0.4, 0.5) is 11.4 Å². The maximum atomic E-state index is 5.85. The molecule has 4 rings (SSSR count). The molecule has 0 aromatic heterocycles. The maximum absolute atomic E-state index is 5.85. The number of nitrogens with one attached hydrogen (secondary N) is 2. The lowest BCUT2D eigenvalue weighted by atomic mass is 9.92. The van der Waals surface area contributed by atoms with Crippen LogP contribution in [0.5, 0.6) is 0 Å². The number of rotatable bonds is 9. The second kappa shape index (κ2) is 17.8. The molecule has 1 fully saturated rings. The van der Waals surface area contributed by atoms with Crippen molar-refractivity contribution < 1.29 is 0 Å². The van der Waals surface area contributed by atoms with E-state index in [2.05, 4.69) is 93.9 Å². The van der Waals surface area contributed by atoms with Crippen molar-refractivity contribution in [2.45, 2.75) is 105 Å². The number of hydrogen-bond acceptors (Lipinski definition) is 4. The summed E-state index contributed by atoms with van der Waals surface area (Å²) in [7, 11) is 0. The average molecular weight is 589 g/mol. The van der Waals surface area contributed by atoms with Gasteiger partial charge in [0, 0.05) is 23.2 Å². The van der Waals surface area contributed by atoms with E-state index in [1.54, 1.807) is 0 Å². The number of aliphatic imine (C=N–C) groups is 2. The van der Waals surface area contributed by atoms with Gasteiger partial charge in [-0.25, -0.2) is 0 Å². The molecule has 2 aromatic rings. The smallest absolute Gasteiger partial charge is 0.128 e. The third-order valence-corrected chi connectivity index (χ3v) is 8.21. The number of anilines is 1. The first kappa shape index (κ1) is 35.1. The molecule has 2 N–H and O–H groups in total. The van der Waals surface area contributed by atoms with Gasteiger partial charge in [0.05, 0.1) is 17.4 Å². The van der Waals surface area contributed by atoms with Crippen LogP contribution in [0.3, 0.4) is 0 Å². The maximum Gasteiger partial charge on any atom is 0.128 e. The van der Waals surface area contributed by atoms with E-state index in [0.717, 1.165) is 38.9 Å². The third-order valence-electron chi connectivity index (χ3n) is 7.97. The SMILES string of the molecule is C=Nc1c(C)cc(C2=N[C@H]3CCCCC3N2)cc1NC/C(C(=C)C)=C(C)/C=C\C.CC.CCC(C)c1cccc(Cl)c1. The predicted octanol–water partition coefficient (Wildman–Crippen LogP) is 10.7. The van der Waals surface area contributed by atoms with E-state index in [-0.39, 0.29) is 0 Å². The highest BCUT2D eigenvalue weighted by Gasteiger charge is 2.31. The number of fused-ring (bicyclic) bond motifs is 1. The molecule has 1 aliphatic carbocycles. The minimum Gasteiger partial charge on any atom is -0.379 e. The summed E-state index contributed by atoms with van der Waals surface area (Å²) < 4.78 is 0. The number of allylic oxidation sites excluding steroid dienone is 3. The molecular formula is C37H53ClN4. The Morgan fingerprint density at radius 1 is 1.19 bits per heavy atom. The molecule has 2 aromatic carbocycles. The second-order valence-electron chi connectivity index (χ2n) is 11.1. The number of aryl methyl sites for hydroxylation is 1. The molecular weight excluding hydrogens is 536 g/mol. The normalized spacial score (nSPS) is 18.6. The van der Waals surface area contributed by atoms with Crippen molar-refractivity contribution in [3.05, 3.63) is 93.6 Å². The summed E-state index contributed by atoms with van der Waals surface area (Å²) in [5, 5.41) is 8.08. The number of nitrogens with zero attached hydrogens (tertiary/aromatic N) is 2. The number of benzene rings is 2. The fourth-order valence-corrected chi connectivity index (χ4v) is 5.64. The molecule has 0 spiro atoms. The van der Waals surface area contributed by atoms with Crippen LogP contribution in [0.1, 0.15) is 103 Å². The summed E-state index contributed by atoms with van der Waals surface area (Å²) in [4.78, 5) is 9.28. The van der Waals surface area contributed by atoms with Gasteiger partial charge in [0.25, 0.3) is 0 Å². The van der Waals surface area contributed by atoms with Crippen molar-refractivity contribution in [3.8, 4) is 0 Å². The van der Waals surface area contributed by atoms with E-state index < -0.39 is 0 Å². The summed E-state index contributed by atoms with van der Waals surface area (Å²) in [6.07, 6.45) is 10.3. The molecule has 42 heavy (non-hydrogen) atoms. The highest BCUT2D eigenvalue weighted by Crippen LogP contribution is 2.33. The van der Waals surface area contributed by atoms with Crippen molar-refractivity contribution >= 4 is 35.5 Å². The summed E-state index contributed by atoms with van der Waals surface area (Å²) in [5.41, 5.74) is 8.95. The molecule has 1 heterocycles. The fourth-order valence-electron chi connectivity index (χ4n) is 5.44. The van der Waals surface area contributed by atoms with Gasteiger partial charge in [-0.15, -0.1) is 0 Å². The van der Waals surface area contributed by atoms with Crippen LogP contribution in [0.15, 0.2) is 81.8 Å². The van der Waals surface area contributed by atoms with Crippen LogP contribution in [0.2, 0.25) is 5.02 Å². The van der Waals surface area contributed by atoms with Crippen LogP contribution in [-0.4, -0.2) is 31.2 Å². The molecule has 0 saturated heterocycles. The Morgan fingerprint density at radius 2 is 1.90 bits per heavy atom. The van der Waals surface area contributed by atoms with Crippen LogP contribution >= 0.6 is 11.6 Å². The van der Waals surface area contributed by atoms with Crippen molar-refractivity contribution in [3.63, 3.8) is 0 Å². The van der Waals surface area contributed by atoms with Gasteiger partial charge in [-0.3, -0.25) is 9.98 Å². The Balaban J connectivity index is 0.000000396.